The molecule has 12 heteroatoms. The van der Waals surface area contributed by atoms with Crippen molar-refractivity contribution in [2.75, 3.05) is 56.1 Å². The summed E-state index contributed by atoms with van der Waals surface area (Å²) in [6.45, 7) is 9.03. The molecule has 0 saturated heterocycles. The summed E-state index contributed by atoms with van der Waals surface area (Å²) in [4.78, 5) is 22.7. The molecule has 4 aromatic rings. The number of aromatic nitrogens is 1. The number of thiazole rings is 1. The van der Waals surface area contributed by atoms with Gasteiger partial charge in [-0.05, 0) is 56.4 Å². The molecule has 0 spiro atoms. The molecule has 0 saturated carbocycles. The molecule has 0 aliphatic heterocycles. The monoisotopic (exact) mass is 632 g/mol. The number of hydrogen-bond acceptors (Lipinski definition) is 8. The number of hydrogen-bond donors (Lipinski definition) is 0. The molecule has 0 bridgehead atoms. The van der Waals surface area contributed by atoms with Gasteiger partial charge in [0.05, 0.1) is 35.0 Å². The van der Waals surface area contributed by atoms with E-state index >= 15 is 0 Å². The third kappa shape index (κ3) is 6.97. The van der Waals surface area contributed by atoms with Crippen molar-refractivity contribution in [3.63, 3.8) is 0 Å². The predicted octanol–water partition coefficient (Wildman–Crippen LogP) is 5.94. The maximum absolute atomic E-state index is 13.9. The van der Waals surface area contributed by atoms with Gasteiger partial charge in [-0.3, -0.25) is 14.0 Å². The Morgan fingerprint density at radius 1 is 0.857 bits per heavy atom. The number of carbonyl (C=O) groups excluding carboxylic acids is 1. The van der Waals surface area contributed by atoms with E-state index in [0.717, 1.165) is 17.8 Å². The van der Waals surface area contributed by atoms with Crippen LogP contribution in [0.5, 0.6) is 11.5 Å². The third-order valence-electron chi connectivity index (χ3n) is 6.91. The van der Waals surface area contributed by atoms with Crippen LogP contribution in [0.2, 0.25) is 0 Å². The number of methoxy groups -OCH3 is 2. The third-order valence-corrected chi connectivity index (χ3v) is 9.87. The van der Waals surface area contributed by atoms with Crippen LogP contribution in [-0.2, 0) is 10.0 Å². The van der Waals surface area contributed by atoms with Gasteiger partial charge in [0.25, 0.3) is 15.9 Å². The van der Waals surface area contributed by atoms with E-state index in [0.29, 0.717) is 46.5 Å². The van der Waals surface area contributed by atoms with Gasteiger partial charge in [-0.15, -0.1) is 12.4 Å². The molecule has 0 radical (unpaired) electrons. The molecule has 0 fully saturated rings. The van der Waals surface area contributed by atoms with E-state index in [2.05, 4.69) is 18.7 Å². The molecule has 0 aliphatic carbocycles. The highest BCUT2D eigenvalue weighted by Crippen LogP contribution is 2.37. The number of anilines is 2. The quantitative estimate of drug-likeness (QED) is 0.180. The lowest BCUT2D eigenvalue weighted by atomic mass is 10.2. The lowest BCUT2D eigenvalue weighted by Crippen LogP contribution is -2.39. The topological polar surface area (TPSA) is 92.3 Å². The Morgan fingerprint density at radius 2 is 1.48 bits per heavy atom. The van der Waals surface area contributed by atoms with E-state index < -0.39 is 10.0 Å². The largest absolute Gasteiger partial charge is 0.493 e. The lowest BCUT2D eigenvalue weighted by molar-refractivity contribution is 0.0983. The summed E-state index contributed by atoms with van der Waals surface area (Å²) in [5.74, 6) is 0.894. The van der Waals surface area contributed by atoms with Gasteiger partial charge >= 0.3 is 0 Å². The second-order valence-corrected chi connectivity index (χ2v) is 12.1. The number of halogens is 1. The van der Waals surface area contributed by atoms with Gasteiger partial charge in [0.1, 0.15) is 0 Å². The number of amides is 1. The normalized spacial score (nSPS) is 11.3. The molecule has 0 aliphatic rings. The van der Waals surface area contributed by atoms with Crippen LogP contribution >= 0.6 is 23.7 Å². The Bertz CT molecular complexity index is 1540. The summed E-state index contributed by atoms with van der Waals surface area (Å²) in [5, 5.41) is 0.547. The average Bonchev–Trinajstić information content (AvgIpc) is 3.41. The summed E-state index contributed by atoms with van der Waals surface area (Å²) >= 11 is 1.39. The predicted molar refractivity (Wildman–Crippen MR) is 173 cm³/mol. The highest BCUT2D eigenvalue weighted by Gasteiger charge is 2.26. The smallest absolute Gasteiger partial charge is 0.264 e. The van der Waals surface area contributed by atoms with Gasteiger partial charge < -0.3 is 14.4 Å². The summed E-state index contributed by atoms with van der Waals surface area (Å²) < 4.78 is 40.0. The lowest BCUT2D eigenvalue weighted by Gasteiger charge is -2.25. The van der Waals surface area contributed by atoms with Gasteiger partial charge in [0, 0.05) is 37.3 Å². The fraction of sp³-hybridized carbons (Fsp3) is 0.333. The molecule has 0 atom stereocenters. The fourth-order valence-corrected chi connectivity index (χ4v) is 7.04. The van der Waals surface area contributed by atoms with E-state index in [1.54, 1.807) is 68.5 Å². The number of sulfonamides is 1. The Balaban J connectivity index is 0.00000484. The number of rotatable bonds is 13. The van der Waals surface area contributed by atoms with E-state index in [4.69, 9.17) is 14.5 Å². The summed E-state index contributed by atoms with van der Waals surface area (Å²) in [7, 11) is -0.662. The zero-order valence-electron chi connectivity index (χ0n) is 24.4. The number of para-hydroxylation sites is 1. The summed E-state index contributed by atoms with van der Waals surface area (Å²) in [6.07, 6.45) is 0. The fourth-order valence-electron chi connectivity index (χ4n) is 4.56. The van der Waals surface area contributed by atoms with E-state index in [1.807, 2.05) is 12.1 Å². The first kappa shape index (κ1) is 33.1. The van der Waals surface area contributed by atoms with E-state index in [1.165, 1.54) is 27.8 Å². The van der Waals surface area contributed by atoms with Crippen molar-refractivity contribution in [3.8, 4) is 11.5 Å². The molecule has 42 heavy (non-hydrogen) atoms. The number of benzene rings is 3. The van der Waals surface area contributed by atoms with E-state index in [9.17, 15) is 13.2 Å². The molecule has 1 aromatic heterocycles. The molecular weight excluding hydrogens is 596 g/mol. The molecule has 0 unspecified atom stereocenters. The molecule has 1 amide bonds. The molecule has 4 rings (SSSR count). The van der Waals surface area contributed by atoms with Crippen molar-refractivity contribution in [3.05, 3.63) is 72.3 Å². The van der Waals surface area contributed by atoms with Gasteiger partial charge in [0.2, 0.25) is 0 Å². The second-order valence-electron chi connectivity index (χ2n) is 9.18. The van der Waals surface area contributed by atoms with Crippen molar-refractivity contribution in [2.24, 2.45) is 0 Å². The minimum absolute atomic E-state index is 0. The zero-order valence-corrected chi connectivity index (χ0v) is 26.9. The molecule has 226 valence electrons. The first-order valence-corrected chi connectivity index (χ1v) is 15.8. The van der Waals surface area contributed by atoms with Crippen molar-refractivity contribution in [1.82, 2.24) is 9.88 Å². The molecule has 3 aromatic carbocycles. The van der Waals surface area contributed by atoms with Gasteiger partial charge in [0.15, 0.2) is 16.6 Å². The minimum atomic E-state index is -3.81. The number of nitrogens with zero attached hydrogens (tertiary/aromatic N) is 4. The van der Waals surface area contributed by atoms with Crippen molar-refractivity contribution in [2.45, 2.75) is 25.7 Å². The van der Waals surface area contributed by atoms with Crippen LogP contribution in [0.15, 0.2) is 71.6 Å². The van der Waals surface area contributed by atoms with E-state index in [-0.39, 0.29) is 29.8 Å². The van der Waals surface area contributed by atoms with Crippen LogP contribution in [0.25, 0.3) is 10.2 Å². The molecule has 1 heterocycles. The Kier molecular flexibility index (Phi) is 11.6. The average molecular weight is 633 g/mol. The molecule has 9 nitrogen and oxygen atoms in total. The van der Waals surface area contributed by atoms with Crippen LogP contribution in [0.3, 0.4) is 0 Å². The SMILES string of the molecule is CCN(CC)CCN(C(=O)c1ccc(S(=O)(=O)N(CC)c2ccccc2)cc1)c1nc2cc(OC)c(OC)cc2s1.Cl. The minimum Gasteiger partial charge on any atom is -0.493 e. The van der Waals surface area contributed by atoms with Gasteiger partial charge in [-0.1, -0.05) is 43.4 Å². The molecule has 0 N–H and O–H groups in total. The van der Waals surface area contributed by atoms with Crippen molar-refractivity contribution < 1.29 is 22.7 Å². The first-order valence-electron chi connectivity index (χ1n) is 13.5. The number of likely N-dealkylation sites (N-methyl/N-ethyl adjacent to an activating group) is 1. The van der Waals surface area contributed by atoms with Gasteiger partial charge in [-0.25, -0.2) is 13.4 Å². The summed E-state index contributed by atoms with van der Waals surface area (Å²) in [5.41, 5.74) is 1.66. The van der Waals surface area contributed by atoms with Gasteiger partial charge in [-0.2, -0.15) is 0 Å². The van der Waals surface area contributed by atoms with Crippen LogP contribution in [0.4, 0.5) is 10.8 Å². The maximum Gasteiger partial charge on any atom is 0.264 e. The Hall–Kier alpha value is -3.38. The van der Waals surface area contributed by atoms with Crippen LogP contribution < -0.4 is 18.7 Å². The van der Waals surface area contributed by atoms with Crippen LogP contribution in [0.1, 0.15) is 31.1 Å². The van der Waals surface area contributed by atoms with Crippen LogP contribution in [0, 0.1) is 0 Å². The van der Waals surface area contributed by atoms with Crippen molar-refractivity contribution >= 4 is 60.7 Å². The number of ether oxygens (including phenoxy) is 2. The highest BCUT2D eigenvalue weighted by atomic mass is 35.5. The Labute approximate surface area is 258 Å². The first-order chi connectivity index (χ1) is 19.8. The maximum atomic E-state index is 13.9. The van der Waals surface area contributed by atoms with Crippen molar-refractivity contribution in [1.29, 1.82) is 0 Å². The van der Waals surface area contributed by atoms with Crippen LogP contribution in [-0.4, -0.2) is 71.2 Å². The zero-order chi connectivity index (χ0) is 29.6. The summed E-state index contributed by atoms with van der Waals surface area (Å²) in [6, 6.07) is 18.7. The highest BCUT2D eigenvalue weighted by molar-refractivity contribution is 7.92. The number of fused-ring (bicyclic) bond motifs is 1. The Morgan fingerprint density at radius 3 is 2.05 bits per heavy atom. The molecular formula is C30H37ClN4O5S2. The standard InChI is InChI=1S/C30H36N4O5S2.ClH/c1-6-32(7-2)18-19-33(30-31-25-20-26(38-4)27(39-5)21-28(25)40-30)29(35)22-14-16-24(17-15-22)41(36,37)34(8-3)23-12-10-9-11-13-23;/h9-17,20-21H,6-8,18-19H2,1-5H3;1H. The second kappa shape index (κ2) is 14.7. The number of carbonyl (C=O) groups is 1.